The second-order valence-electron chi connectivity index (χ2n) is 4.08. The molecule has 0 saturated heterocycles. The number of carbonyl (C=O) groups is 1. The number of nitrogens with zero attached hydrogens (tertiary/aromatic N) is 1. The molecule has 21 heavy (non-hydrogen) atoms. The van der Waals surface area contributed by atoms with E-state index >= 15 is 0 Å². The van der Waals surface area contributed by atoms with Crippen LogP contribution in [0.15, 0.2) is 36.4 Å². The monoisotopic (exact) mass is 283 g/mol. The molecule has 2 aromatic carbocycles. The number of aldehydes is 1. The minimum Gasteiger partial charge on any atom is -0.493 e. The molecule has 0 spiro atoms. The second-order valence-corrected chi connectivity index (χ2v) is 4.08. The number of para-hydroxylation sites is 1. The minimum absolute atomic E-state index is 0.257. The fourth-order valence-corrected chi connectivity index (χ4v) is 1.83. The number of hydrogen-bond acceptors (Lipinski definition) is 5. The van der Waals surface area contributed by atoms with Crippen molar-refractivity contribution in [2.45, 2.75) is 0 Å². The van der Waals surface area contributed by atoms with Crippen molar-refractivity contribution in [1.82, 2.24) is 0 Å². The largest absolute Gasteiger partial charge is 0.493 e. The average Bonchev–Trinajstić information content (AvgIpc) is 2.55. The Morgan fingerprint density at radius 3 is 2.24 bits per heavy atom. The van der Waals surface area contributed by atoms with Crippen molar-refractivity contribution in [3.63, 3.8) is 0 Å². The Balaban J connectivity index is 2.48. The van der Waals surface area contributed by atoms with Gasteiger partial charge in [-0.05, 0) is 30.3 Å². The van der Waals surface area contributed by atoms with Gasteiger partial charge in [-0.1, -0.05) is 6.07 Å². The zero-order chi connectivity index (χ0) is 15.2. The Morgan fingerprint density at radius 2 is 1.71 bits per heavy atom. The molecule has 0 N–H and O–H groups in total. The molecule has 0 unspecified atom stereocenters. The van der Waals surface area contributed by atoms with E-state index in [1.807, 2.05) is 6.07 Å². The molecular formula is C16H13NO4. The van der Waals surface area contributed by atoms with E-state index in [1.165, 1.54) is 20.3 Å². The molecule has 2 rings (SSSR count). The number of rotatable bonds is 5. The van der Waals surface area contributed by atoms with Gasteiger partial charge in [-0.15, -0.1) is 0 Å². The SMILES string of the molecule is COc1cccc(OC)c1Oc1ccc(C=O)cc1C#N. The summed E-state index contributed by atoms with van der Waals surface area (Å²) >= 11 is 0. The van der Waals surface area contributed by atoms with Gasteiger partial charge in [0, 0.05) is 5.56 Å². The zero-order valence-corrected chi connectivity index (χ0v) is 11.6. The lowest BCUT2D eigenvalue weighted by Gasteiger charge is -2.14. The highest BCUT2D eigenvalue weighted by molar-refractivity contribution is 5.76. The second kappa shape index (κ2) is 6.44. The van der Waals surface area contributed by atoms with E-state index in [0.29, 0.717) is 34.8 Å². The van der Waals surface area contributed by atoms with Gasteiger partial charge in [0.05, 0.1) is 19.8 Å². The minimum atomic E-state index is 0.257. The number of hydrogen-bond donors (Lipinski definition) is 0. The number of nitriles is 1. The van der Waals surface area contributed by atoms with Crippen molar-refractivity contribution < 1.29 is 19.0 Å². The van der Waals surface area contributed by atoms with E-state index in [2.05, 4.69) is 0 Å². The van der Waals surface area contributed by atoms with Crippen LogP contribution in [-0.2, 0) is 0 Å². The molecule has 0 radical (unpaired) electrons. The third-order valence-electron chi connectivity index (χ3n) is 2.85. The van der Waals surface area contributed by atoms with Crippen molar-refractivity contribution in [1.29, 1.82) is 5.26 Å². The molecule has 0 saturated carbocycles. The first kappa shape index (κ1) is 14.4. The molecule has 106 valence electrons. The Labute approximate surface area is 122 Å². The highest BCUT2D eigenvalue weighted by Gasteiger charge is 2.14. The lowest BCUT2D eigenvalue weighted by atomic mass is 10.1. The van der Waals surface area contributed by atoms with Crippen LogP contribution in [0.5, 0.6) is 23.0 Å². The Morgan fingerprint density at radius 1 is 1.05 bits per heavy atom. The van der Waals surface area contributed by atoms with E-state index in [0.717, 1.165) is 0 Å². The quantitative estimate of drug-likeness (QED) is 0.788. The summed E-state index contributed by atoms with van der Waals surface area (Å²) in [5.41, 5.74) is 0.665. The van der Waals surface area contributed by atoms with Gasteiger partial charge in [0.15, 0.2) is 11.5 Å². The molecule has 0 bridgehead atoms. The molecule has 0 aliphatic rings. The molecule has 0 aromatic heterocycles. The first-order chi connectivity index (χ1) is 10.2. The van der Waals surface area contributed by atoms with E-state index in [9.17, 15) is 4.79 Å². The summed E-state index contributed by atoms with van der Waals surface area (Å²) in [6.07, 6.45) is 0.675. The molecule has 5 nitrogen and oxygen atoms in total. The van der Waals surface area contributed by atoms with Crippen LogP contribution in [0.1, 0.15) is 15.9 Å². The van der Waals surface area contributed by atoms with Gasteiger partial charge in [-0.2, -0.15) is 5.26 Å². The fourth-order valence-electron chi connectivity index (χ4n) is 1.83. The first-order valence-electron chi connectivity index (χ1n) is 6.11. The van der Waals surface area contributed by atoms with Crippen LogP contribution in [0.25, 0.3) is 0 Å². The number of carbonyl (C=O) groups excluding carboxylic acids is 1. The van der Waals surface area contributed by atoms with Crippen molar-refractivity contribution >= 4 is 6.29 Å². The summed E-state index contributed by atoms with van der Waals surface area (Å²) in [5.74, 6) is 1.67. The summed E-state index contributed by atoms with van der Waals surface area (Å²) in [6, 6.07) is 11.8. The lowest BCUT2D eigenvalue weighted by Crippen LogP contribution is -1.96. The summed E-state index contributed by atoms with van der Waals surface area (Å²) in [7, 11) is 3.03. The zero-order valence-electron chi connectivity index (χ0n) is 11.6. The van der Waals surface area contributed by atoms with Gasteiger partial charge in [-0.3, -0.25) is 4.79 Å². The number of benzene rings is 2. The molecule has 0 atom stereocenters. The lowest BCUT2D eigenvalue weighted by molar-refractivity contribution is 0.112. The van der Waals surface area contributed by atoms with Crippen molar-refractivity contribution in [3.8, 4) is 29.1 Å². The van der Waals surface area contributed by atoms with E-state index < -0.39 is 0 Å². The molecule has 0 heterocycles. The van der Waals surface area contributed by atoms with Crippen LogP contribution in [0.3, 0.4) is 0 Å². The molecule has 0 aliphatic carbocycles. The molecule has 0 fully saturated rings. The van der Waals surface area contributed by atoms with Crippen LogP contribution in [0, 0.1) is 11.3 Å². The van der Waals surface area contributed by atoms with E-state index in [4.69, 9.17) is 19.5 Å². The topological polar surface area (TPSA) is 68.6 Å². The average molecular weight is 283 g/mol. The number of ether oxygens (including phenoxy) is 3. The molecule has 0 amide bonds. The summed E-state index contributed by atoms with van der Waals surface area (Å²) in [4.78, 5) is 10.8. The molecule has 0 aliphatic heterocycles. The maximum absolute atomic E-state index is 10.8. The highest BCUT2D eigenvalue weighted by atomic mass is 16.5. The maximum Gasteiger partial charge on any atom is 0.211 e. The predicted octanol–water partition coefficient (Wildman–Crippen LogP) is 3.18. The van der Waals surface area contributed by atoms with Gasteiger partial charge >= 0.3 is 0 Å². The standard InChI is InChI=1S/C16H13NO4/c1-19-14-4-3-5-15(20-2)16(14)21-13-7-6-11(10-18)8-12(13)9-17/h3-8,10H,1-2H3. The summed E-state index contributed by atoms with van der Waals surface area (Å²) < 4.78 is 16.2. The molecule has 2 aromatic rings. The molecular weight excluding hydrogens is 270 g/mol. The normalized spacial score (nSPS) is 9.57. The number of methoxy groups -OCH3 is 2. The third kappa shape index (κ3) is 2.95. The Hall–Kier alpha value is -3.00. The predicted molar refractivity (Wildman–Crippen MR) is 76.2 cm³/mol. The first-order valence-corrected chi connectivity index (χ1v) is 6.11. The van der Waals surface area contributed by atoms with Crippen molar-refractivity contribution in [2.24, 2.45) is 0 Å². The maximum atomic E-state index is 10.8. The van der Waals surface area contributed by atoms with Crippen LogP contribution in [0.2, 0.25) is 0 Å². The summed E-state index contributed by atoms with van der Waals surface area (Å²) in [5, 5.41) is 9.16. The van der Waals surface area contributed by atoms with Crippen LogP contribution < -0.4 is 14.2 Å². The fraction of sp³-hybridized carbons (Fsp3) is 0.125. The van der Waals surface area contributed by atoms with E-state index in [-0.39, 0.29) is 5.56 Å². The van der Waals surface area contributed by atoms with Gasteiger partial charge in [0.1, 0.15) is 18.1 Å². The van der Waals surface area contributed by atoms with Gasteiger partial charge in [-0.25, -0.2) is 0 Å². The Kier molecular flexibility index (Phi) is 4.42. The van der Waals surface area contributed by atoms with E-state index in [1.54, 1.807) is 30.3 Å². The Bertz CT molecular complexity index is 682. The highest BCUT2D eigenvalue weighted by Crippen LogP contribution is 2.40. The van der Waals surface area contributed by atoms with Gasteiger partial charge in [0.25, 0.3) is 0 Å². The summed E-state index contributed by atoms with van der Waals surface area (Å²) in [6.45, 7) is 0. The van der Waals surface area contributed by atoms with Gasteiger partial charge < -0.3 is 14.2 Å². The van der Waals surface area contributed by atoms with Crippen LogP contribution in [0.4, 0.5) is 0 Å². The third-order valence-corrected chi connectivity index (χ3v) is 2.85. The smallest absolute Gasteiger partial charge is 0.211 e. The van der Waals surface area contributed by atoms with Crippen molar-refractivity contribution in [3.05, 3.63) is 47.5 Å². The molecule has 5 heteroatoms. The van der Waals surface area contributed by atoms with Crippen LogP contribution >= 0.6 is 0 Å². The van der Waals surface area contributed by atoms with Crippen molar-refractivity contribution in [2.75, 3.05) is 14.2 Å². The van der Waals surface area contributed by atoms with Gasteiger partial charge in [0.2, 0.25) is 5.75 Å². The van der Waals surface area contributed by atoms with Crippen LogP contribution in [-0.4, -0.2) is 20.5 Å².